The summed E-state index contributed by atoms with van der Waals surface area (Å²) in [6, 6.07) is 10.9. The fourth-order valence-electron chi connectivity index (χ4n) is 2.99. The SMILES string of the molecule is CC1CC1C(=O)Nc1ccc(C(=O)NC(CC(=O)O)c2ccc(F)cc2)cc1. The molecule has 3 unspecified atom stereocenters. The minimum Gasteiger partial charge on any atom is -0.481 e. The highest BCUT2D eigenvalue weighted by molar-refractivity contribution is 5.97. The van der Waals surface area contributed by atoms with Gasteiger partial charge < -0.3 is 15.7 Å². The van der Waals surface area contributed by atoms with Crippen LogP contribution in [0.3, 0.4) is 0 Å². The Hall–Kier alpha value is -3.22. The third kappa shape index (κ3) is 4.94. The van der Waals surface area contributed by atoms with Crippen LogP contribution >= 0.6 is 0 Å². The molecule has 2 aromatic carbocycles. The first kappa shape index (κ1) is 19.5. The van der Waals surface area contributed by atoms with Crippen molar-refractivity contribution in [2.75, 3.05) is 5.32 Å². The first-order valence-electron chi connectivity index (χ1n) is 9.02. The summed E-state index contributed by atoms with van der Waals surface area (Å²) in [5, 5.41) is 14.6. The van der Waals surface area contributed by atoms with E-state index in [0.29, 0.717) is 22.7 Å². The van der Waals surface area contributed by atoms with Gasteiger partial charge in [-0.3, -0.25) is 14.4 Å². The highest BCUT2D eigenvalue weighted by atomic mass is 19.1. The fourth-order valence-corrected chi connectivity index (χ4v) is 2.99. The lowest BCUT2D eigenvalue weighted by Gasteiger charge is -2.17. The highest BCUT2D eigenvalue weighted by Crippen LogP contribution is 2.38. The molecule has 3 N–H and O–H groups in total. The van der Waals surface area contributed by atoms with Crippen LogP contribution in [-0.4, -0.2) is 22.9 Å². The number of halogens is 1. The number of anilines is 1. The van der Waals surface area contributed by atoms with Gasteiger partial charge in [0.1, 0.15) is 5.82 Å². The molecule has 1 aliphatic carbocycles. The van der Waals surface area contributed by atoms with Crippen molar-refractivity contribution in [3.63, 3.8) is 0 Å². The Labute approximate surface area is 161 Å². The summed E-state index contributed by atoms with van der Waals surface area (Å²) in [4.78, 5) is 35.6. The van der Waals surface area contributed by atoms with Crippen molar-refractivity contribution >= 4 is 23.5 Å². The predicted molar refractivity (Wildman–Crippen MR) is 101 cm³/mol. The van der Waals surface area contributed by atoms with Crippen molar-refractivity contribution in [3.8, 4) is 0 Å². The molecular formula is C21H21FN2O4. The molecule has 3 rings (SSSR count). The molecule has 1 fully saturated rings. The zero-order chi connectivity index (χ0) is 20.3. The molecule has 2 amide bonds. The standard InChI is InChI=1S/C21H21FN2O4/c1-12-10-17(12)21(28)23-16-8-4-14(5-9-16)20(27)24-18(11-19(25)26)13-2-6-15(22)7-3-13/h2-9,12,17-18H,10-11H2,1H3,(H,23,28)(H,24,27)(H,25,26). The third-order valence-corrected chi connectivity index (χ3v) is 4.82. The van der Waals surface area contributed by atoms with Gasteiger partial charge in [0.2, 0.25) is 5.91 Å². The van der Waals surface area contributed by atoms with Crippen molar-refractivity contribution in [1.29, 1.82) is 0 Å². The number of hydrogen-bond acceptors (Lipinski definition) is 3. The van der Waals surface area contributed by atoms with Crippen LogP contribution in [0.2, 0.25) is 0 Å². The predicted octanol–water partition coefficient (Wildman–Crippen LogP) is 3.37. The molecular weight excluding hydrogens is 363 g/mol. The second kappa shape index (κ2) is 8.21. The number of carboxylic acid groups (broad SMARTS) is 1. The summed E-state index contributed by atoms with van der Waals surface area (Å²) in [7, 11) is 0. The van der Waals surface area contributed by atoms with Crippen LogP contribution in [0.1, 0.15) is 41.7 Å². The number of benzene rings is 2. The summed E-state index contributed by atoms with van der Waals surface area (Å²) >= 11 is 0. The van der Waals surface area contributed by atoms with Crippen LogP contribution in [0.25, 0.3) is 0 Å². The van der Waals surface area contributed by atoms with Gasteiger partial charge in [0, 0.05) is 17.2 Å². The molecule has 28 heavy (non-hydrogen) atoms. The lowest BCUT2D eigenvalue weighted by atomic mass is 10.0. The maximum atomic E-state index is 13.1. The van der Waals surface area contributed by atoms with Crippen LogP contribution in [-0.2, 0) is 9.59 Å². The Morgan fingerprint density at radius 2 is 1.71 bits per heavy atom. The van der Waals surface area contributed by atoms with Gasteiger partial charge in [-0.15, -0.1) is 0 Å². The Balaban J connectivity index is 1.66. The van der Waals surface area contributed by atoms with E-state index < -0.39 is 23.7 Å². The lowest BCUT2D eigenvalue weighted by Crippen LogP contribution is -2.30. The molecule has 0 aromatic heterocycles. The zero-order valence-corrected chi connectivity index (χ0v) is 15.3. The van der Waals surface area contributed by atoms with Gasteiger partial charge in [0.15, 0.2) is 0 Å². The fraction of sp³-hybridized carbons (Fsp3) is 0.286. The number of nitrogens with one attached hydrogen (secondary N) is 2. The smallest absolute Gasteiger partial charge is 0.305 e. The molecule has 6 nitrogen and oxygen atoms in total. The lowest BCUT2D eigenvalue weighted by molar-refractivity contribution is -0.137. The van der Waals surface area contributed by atoms with Crippen LogP contribution < -0.4 is 10.6 Å². The zero-order valence-electron chi connectivity index (χ0n) is 15.3. The quantitative estimate of drug-likeness (QED) is 0.682. The molecule has 1 saturated carbocycles. The Bertz CT molecular complexity index is 880. The topological polar surface area (TPSA) is 95.5 Å². The largest absolute Gasteiger partial charge is 0.481 e. The van der Waals surface area contributed by atoms with Gasteiger partial charge in [0.25, 0.3) is 5.91 Å². The van der Waals surface area contributed by atoms with Gasteiger partial charge in [-0.1, -0.05) is 19.1 Å². The van der Waals surface area contributed by atoms with Gasteiger partial charge in [-0.25, -0.2) is 4.39 Å². The van der Waals surface area contributed by atoms with E-state index in [-0.39, 0.29) is 18.2 Å². The summed E-state index contributed by atoms with van der Waals surface area (Å²) in [6.07, 6.45) is 0.561. The van der Waals surface area contributed by atoms with Crippen molar-refractivity contribution < 1.29 is 23.9 Å². The van der Waals surface area contributed by atoms with E-state index >= 15 is 0 Å². The van der Waals surface area contributed by atoms with E-state index in [1.807, 2.05) is 6.92 Å². The second-order valence-electron chi connectivity index (χ2n) is 7.06. The van der Waals surface area contributed by atoms with Crippen molar-refractivity contribution in [2.24, 2.45) is 11.8 Å². The summed E-state index contributed by atoms with van der Waals surface area (Å²) < 4.78 is 13.1. The number of carboxylic acids is 1. The number of hydrogen-bond donors (Lipinski definition) is 3. The van der Waals surface area contributed by atoms with Crippen LogP contribution in [0, 0.1) is 17.7 Å². The molecule has 1 aliphatic rings. The first-order chi connectivity index (χ1) is 13.3. The van der Waals surface area contributed by atoms with E-state index in [2.05, 4.69) is 10.6 Å². The number of carbonyl (C=O) groups is 3. The van der Waals surface area contributed by atoms with E-state index in [0.717, 1.165) is 6.42 Å². The van der Waals surface area contributed by atoms with Gasteiger partial charge in [-0.2, -0.15) is 0 Å². The number of carbonyl (C=O) groups excluding carboxylic acids is 2. The normalized spacial score (nSPS) is 18.8. The number of amides is 2. The molecule has 3 atom stereocenters. The molecule has 0 radical (unpaired) electrons. The first-order valence-corrected chi connectivity index (χ1v) is 9.02. The van der Waals surface area contributed by atoms with Gasteiger partial charge in [-0.05, 0) is 54.3 Å². The highest BCUT2D eigenvalue weighted by Gasteiger charge is 2.39. The summed E-state index contributed by atoms with van der Waals surface area (Å²) in [5.41, 5.74) is 1.43. The Morgan fingerprint density at radius 1 is 1.11 bits per heavy atom. The van der Waals surface area contributed by atoms with Crippen molar-refractivity contribution in [3.05, 3.63) is 65.5 Å². The van der Waals surface area contributed by atoms with Crippen LogP contribution in [0.4, 0.5) is 10.1 Å². The van der Waals surface area contributed by atoms with E-state index in [1.165, 1.54) is 24.3 Å². The molecule has 7 heteroatoms. The minimum atomic E-state index is -1.08. The van der Waals surface area contributed by atoms with Gasteiger partial charge in [0.05, 0.1) is 12.5 Å². The maximum absolute atomic E-state index is 13.1. The summed E-state index contributed by atoms with van der Waals surface area (Å²) in [5.74, 6) is -1.55. The van der Waals surface area contributed by atoms with Crippen LogP contribution in [0.5, 0.6) is 0 Å². The van der Waals surface area contributed by atoms with Crippen molar-refractivity contribution in [2.45, 2.75) is 25.8 Å². The van der Waals surface area contributed by atoms with E-state index in [4.69, 9.17) is 5.11 Å². The number of rotatable bonds is 7. The molecule has 0 heterocycles. The Morgan fingerprint density at radius 3 is 2.25 bits per heavy atom. The molecule has 146 valence electrons. The summed E-state index contributed by atoms with van der Waals surface area (Å²) in [6.45, 7) is 2.02. The molecule has 2 aromatic rings. The molecule has 0 aliphatic heterocycles. The monoisotopic (exact) mass is 384 g/mol. The molecule has 0 spiro atoms. The van der Waals surface area contributed by atoms with Crippen molar-refractivity contribution in [1.82, 2.24) is 5.32 Å². The third-order valence-electron chi connectivity index (χ3n) is 4.82. The average molecular weight is 384 g/mol. The van der Waals surface area contributed by atoms with Gasteiger partial charge >= 0.3 is 5.97 Å². The van der Waals surface area contributed by atoms with E-state index in [9.17, 15) is 18.8 Å². The van der Waals surface area contributed by atoms with E-state index in [1.54, 1.807) is 24.3 Å². The Kier molecular flexibility index (Phi) is 5.73. The minimum absolute atomic E-state index is 0.0254. The molecule has 0 saturated heterocycles. The molecule has 0 bridgehead atoms. The second-order valence-corrected chi connectivity index (χ2v) is 7.06. The number of aliphatic carboxylic acids is 1. The van der Waals surface area contributed by atoms with Crippen LogP contribution in [0.15, 0.2) is 48.5 Å². The maximum Gasteiger partial charge on any atom is 0.305 e. The average Bonchev–Trinajstić information content (AvgIpc) is 3.39.